The highest BCUT2D eigenvalue weighted by molar-refractivity contribution is 4.93. The van der Waals surface area contributed by atoms with E-state index in [1.54, 1.807) is 0 Å². The Morgan fingerprint density at radius 3 is 1.70 bits per heavy atom. The van der Waals surface area contributed by atoms with Crippen molar-refractivity contribution in [3.63, 3.8) is 0 Å². The second kappa shape index (κ2) is 7.63. The molecule has 2 aliphatic heterocycles. The number of hydrogen-bond donors (Lipinski definition) is 8. The van der Waals surface area contributed by atoms with Crippen LogP contribution in [-0.4, -0.2) is 110 Å². The molecule has 11 nitrogen and oxygen atoms in total. The van der Waals surface area contributed by atoms with Gasteiger partial charge in [-0.2, -0.15) is 0 Å². The molecule has 136 valence electrons. The molecule has 0 radical (unpaired) electrons. The van der Waals surface area contributed by atoms with Gasteiger partial charge in [0.2, 0.25) is 0 Å². The van der Waals surface area contributed by atoms with Crippen molar-refractivity contribution in [2.24, 2.45) is 5.73 Å². The Morgan fingerprint density at radius 2 is 1.17 bits per heavy atom. The van der Waals surface area contributed by atoms with E-state index in [0.29, 0.717) is 0 Å². The summed E-state index contributed by atoms with van der Waals surface area (Å²) in [4.78, 5) is 0. The molecule has 2 heterocycles. The maximum Gasteiger partial charge on any atom is 0.189 e. The first-order valence-corrected chi connectivity index (χ1v) is 7.15. The summed E-state index contributed by atoms with van der Waals surface area (Å²) in [5.74, 6) is 0. The molecule has 23 heavy (non-hydrogen) atoms. The molecule has 9 N–H and O–H groups in total. The van der Waals surface area contributed by atoms with E-state index in [0.717, 1.165) is 0 Å². The Morgan fingerprint density at radius 1 is 0.696 bits per heavy atom. The average Bonchev–Trinajstić information content (AvgIpc) is 2.55. The number of nitrogens with two attached hydrogens (primary N) is 1. The fourth-order valence-electron chi connectivity index (χ4n) is 2.54. The molecule has 0 aromatic carbocycles. The second-order valence-electron chi connectivity index (χ2n) is 5.62. The standard InChI is InChI=1S/C12H23NO10/c13-5-8(18)6(16)3(1-14)21-11(5)23-12-10(20)9(19)7(17)4(2-15)22-12/h3-12,14-20H,1-2,13H2/t3-,4-,5-,6-,7-,8-,9+,10-,11-,12-/m1/s1. The van der Waals surface area contributed by atoms with Gasteiger partial charge in [0, 0.05) is 0 Å². The number of ether oxygens (including phenoxy) is 3. The Labute approximate surface area is 131 Å². The lowest BCUT2D eigenvalue weighted by Gasteiger charge is -2.45. The fraction of sp³-hybridized carbons (Fsp3) is 1.00. The third kappa shape index (κ3) is 3.65. The topological polar surface area (TPSA) is 195 Å². The van der Waals surface area contributed by atoms with Crippen LogP contribution < -0.4 is 5.73 Å². The first-order valence-electron chi connectivity index (χ1n) is 7.15. The zero-order valence-electron chi connectivity index (χ0n) is 12.1. The molecule has 2 saturated heterocycles. The summed E-state index contributed by atoms with van der Waals surface area (Å²) in [6.07, 6.45) is -13.0. The van der Waals surface area contributed by atoms with Gasteiger partial charge < -0.3 is 55.7 Å². The summed E-state index contributed by atoms with van der Waals surface area (Å²) < 4.78 is 15.6. The minimum absolute atomic E-state index is 0.612. The SMILES string of the molecule is N[C@H]1[C@@H](O[C@H]2O[C@H](CO)[C@@H](O)[C@H](O)[C@H]2O)O[C@H](CO)[C@@H](O)[C@@H]1O. The van der Waals surface area contributed by atoms with E-state index >= 15 is 0 Å². The summed E-state index contributed by atoms with van der Waals surface area (Å²) in [6.45, 7) is -1.25. The number of hydrogen-bond acceptors (Lipinski definition) is 11. The van der Waals surface area contributed by atoms with Crippen LogP contribution in [0.1, 0.15) is 0 Å². The lowest BCUT2D eigenvalue weighted by molar-refractivity contribution is -0.361. The van der Waals surface area contributed by atoms with Gasteiger partial charge in [-0.3, -0.25) is 0 Å². The molecular weight excluding hydrogens is 318 g/mol. The summed E-state index contributed by atoms with van der Waals surface area (Å²) in [6, 6.07) is -1.22. The van der Waals surface area contributed by atoms with Gasteiger partial charge in [0.25, 0.3) is 0 Å². The van der Waals surface area contributed by atoms with E-state index in [1.807, 2.05) is 0 Å². The van der Waals surface area contributed by atoms with Crippen LogP contribution in [0.2, 0.25) is 0 Å². The zero-order valence-corrected chi connectivity index (χ0v) is 12.1. The first kappa shape index (κ1) is 18.9. The van der Waals surface area contributed by atoms with Crippen LogP contribution in [-0.2, 0) is 14.2 Å². The van der Waals surface area contributed by atoms with Gasteiger partial charge in [-0.05, 0) is 0 Å². The minimum atomic E-state index is -1.67. The van der Waals surface area contributed by atoms with Gasteiger partial charge in [-0.1, -0.05) is 0 Å². The molecule has 0 amide bonds. The van der Waals surface area contributed by atoms with Gasteiger partial charge >= 0.3 is 0 Å². The highest BCUT2D eigenvalue weighted by Gasteiger charge is 2.48. The Bertz CT molecular complexity index is 349. The van der Waals surface area contributed by atoms with Crippen LogP contribution in [0.3, 0.4) is 0 Å². The molecule has 0 aliphatic carbocycles. The molecule has 0 saturated carbocycles. The van der Waals surface area contributed by atoms with Crippen LogP contribution in [0.5, 0.6) is 0 Å². The number of rotatable bonds is 4. The van der Waals surface area contributed by atoms with E-state index in [4.69, 9.17) is 30.2 Å². The molecule has 0 aromatic rings. The van der Waals surface area contributed by atoms with E-state index in [1.165, 1.54) is 0 Å². The van der Waals surface area contributed by atoms with Crippen molar-refractivity contribution in [2.75, 3.05) is 13.2 Å². The van der Waals surface area contributed by atoms with E-state index in [-0.39, 0.29) is 0 Å². The lowest BCUT2D eigenvalue weighted by atomic mass is 9.97. The highest BCUT2D eigenvalue weighted by Crippen LogP contribution is 2.27. The van der Waals surface area contributed by atoms with Crippen molar-refractivity contribution in [3.8, 4) is 0 Å². The van der Waals surface area contributed by atoms with Crippen molar-refractivity contribution in [1.29, 1.82) is 0 Å². The average molecular weight is 341 g/mol. The van der Waals surface area contributed by atoms with Crippen LogP contribution in [0.25, 0.3) is 0 Å². The minimum Gasteiger partial charge on any atom is -0.394 e. The Hall–Kier alpha value is -0.440. The second-order valence-corrected chi connectivity index (χ2v) is 5.62. The smallest absolute Gasteiger partial charge is 0.189 e. The molecule has 0 unspecified atom stereocenters. The van der Waals surface area contributed by atoms with Crippen molar-refractivity contribution in [3.05, 3.63) is 0 Å². The van der Waals surface area contributed by atoms with Gasteiger partial charge in [0.05, 0.1) is 19.3 Å². The summed E-state index contributed by atoms with van der Waals surface area (Å²) in [7, 11) is 0. The maximum absolute atomic E-state index is 9.88. The highest BCUT2D eigenvalue weighted by atomic mass is 16.8. The lowest BCUT2D eigenvalue weighted by Crippen LogP contribution is -2.65. The zero-order chi connectivity index (χ0) is 17.3. The van der Waals surface area contributed by atoms with E-state index < -0.39 is 74.6 Å². The molecule has 0 aromatic heterocycles. The van der Waals surface area contributed by atoms with Crippen molar-refractivity contribution >= 4 is 0 Å². The van der Waals surface area contributed by atoms with Gasteiger partial charge in [0.1, 0.15) is 42.7 Å². The van der Waals surface area contributed by atoms with Crippen LogP contribution in [0.4, 0.5) is 0 Å². The van der Waals surface area contributed by atoms with Crippen LogP contribution in [0.15, 0.2) is 0 Å². The molecule has 0 bridgehead atoms. The first-order chi connectivity index (χ1) is 10.8. The number of aliphatic hydroxyl groups excluding tert-OH is 7. The van der Waals surface area contributed by atoms with Crippen LogP contribution >= 0.6 is 0 Å². The quantitative estimate of drug-likeness (QED) is 0.243. The van der Waals surface area contributed by atoms with Crippen LogP contribution in [0, 0.1) is 0 Å². The molecule has 2 fully saturated rings. The number of aliphatic hydroxyl groups is 7. The fourth-order valence-corrected chi connectivity index (χ4v) is 2.54. The molecular formula is C12H23NO10. The predicted octanol–water partition coefficient (Wildman–Crippen LogP) is -5.43. The molecule has 10 atom stereocenters. The van der Waals surface area contributed by atoms with Crippen molar-refractivity contribution < 1.29 is 50.0 Å². The van der Waals surface area contributed by atoms with E-state index in [2.05, 4.69) is 0 Å². The summed E-state index contributed by atoms with van der Waals surface area (Å²) in [5, 5.41) is 67.0. The van der Waals surface area contributed by atoms with Crippen molar-refractivity contribution in [2.45, 2.75) is 61.3 Å². The summed E-state index contributed by atoms with van der Waals surface area (Å²) in [5.41, 5.74) is 5.68. The van der Waals surface area contributed by atoms with Gasteiger partial charge in [0.15, 0.2) is 12.6 Å². The normalized spacial score (nSPS) is 51.7. The molecule has 2 aliphatic rings. The molecule has 11 heteroatoms. The monoisotopic (exact) mass is 341 g/mol. The Kier molecular flexibility index (Phi) is 6.27. The summed E-state index contributed by atoms with van der Waals surface area (Å²) >= 11 is 0. The largest absolute Gasteiger partial charge is 0.394 e. The molecule has 2 rings (SSSR count). The molecule has 0 spiro atoms. The predicted molar refractivity (Wildman–Crippen MR) is 70.6 cm³/mol. The Balaban J connectivity index is 2.07. The van der Waals surface area contributed by atoms with E-state index in [9.17, 15) is 25.5 Å². The maximum atomic E-state index is 9.88. The third-order valence-electron chi connectivity index (χ3n) is 4.05. The third-order valence-corrected chi connectivity index (χ3v) is 4.05. The van der Waals surface area contributed by atoms with Gasteiger partial charge in [-0.25, -0.2) is 0 Å². The van der Waals surface area contributed by atoms with Crippen molar-refractivity contribution in [1.82, 2.24) is 0 Å². The van der Waals surface area contributed by atoms with Gasteiger partial charge in [-0.15, -0.1) is 0 Å².